The van der Waals surface area contributed by atoms with Crippen molar-refractivity contribution >= 4 is 5.57 Å². The summed E-state index contributed by atoms with van der Waals surface area (Å²) in [6.45, 7) is 4.02. The molecule has 0 saturated carbocycles. The highest BCUT2D eigenvalue weighted by Crippen LogP contribution is 2.08. The maximum absolute atomic E-state index is 4.15. The molecule has 2 heteroatoms. The zero-order chi connectivity index (χ0) is 10.2. The maximum Gasteiger partial charge on any atom is 0.116 e. The predicted molar refractivity (Wildman–Crippen MR) is 59.6 cm³/mol. The van der Waals surface area contributed by atoms with Crippen LogP contribution < -0.4 is 0 Å². The first-order chi connectivity index (χ1) is 6.84. The van der Waals surface area contributed by atoms with Crippen LogP contribution in [0.5, 0.6) is 0 Å². The number of nitrogens with zero attached hydrogens (tertiary/aromatic N) is 2. The molecule has 0 fully saturated rings. The standard InChI is InChI=1S/C12H14N2/c1-3-4-5-6-7-11(2)12-8-9-13-10-14-12/h3-10H,1-2H3/b4-3-,6-5-,11-7+. The molecular weight excluding hydrogens is 172 g/mol. The SMILES string of the molecule is C\C=C/C=C\C=C(/C)c1ccncn1. The molecule has 0 N–H and O–H groups in total. The predicted octanol–water partition coefficient (Wildman–Crippen LogP) is 3.01. The summed E-state index contributed by atoms with van der Waals surface area (Å²) >= 11 is 0. The van der Waals surface area contributed by atoms with E-state index in [0.717, 1.165) is 11.3 Å². The minimum atomic E-state index is 0.963. The topological polar surface area (TPSA) is 25.8 Å². The van der Waals surface area contributed by atoms with E-state index in [4.69, 9.17) is 0 Å². The largest absolute Gasteiger partial charge is 0.245 e. The van der Waals surface area contributed by atoms with Crippen LogP contribution in [-0.4, -0.2) is 9.97 Å². The lowest BCUT2D eigenvalue weighted by Crippen LogP contribution is -1.84. The summed E-state index contributed by atoms with van der Waals surface area (Å²) in [7, 11) is 0. The van der Waals surface area contributed by atoms with Crippen molar-refractivity contribution in [1.82, 2.24) is 9.97 Å². The molecule has 1 aromatic rings. The fourth-order valence-corrected chi connectivity index (χ4v) is 0.984. The Kier molecular flexibility index (Phi) is 4.35. The minimum absolute atomic E-state index is 0.963. The van der Waals surface area contributed by atoms with Gasteiger partial charge >= 0.3 is 0 Å². The van der Waals surface area contributed by atoms with Crippen molar-refractivity contribution < 1.29 is 0 Å². The van der Waals surface area contributed by atoms with E-state index in [9.17, 15) is 0 Å². The van der Waals surface area contributed by atoms with Crippen LogP contribution in [0.1, 0.15) is 19.5 Å². The Bertz CT molecular complexity index is 348. The Labute approximate surface area is 84.7 Å². The van der Waals surface area contributed by atoms with Gasteiger partial charge in [0.15, 0.2) is 0 Å². The molecule has 0 spiro atoms. The molecule has 0 radical (unpaired) electrons. The summed E-state index contributed by atoms with van der Waals surface area (Å²) in [6.07, 6.45) is 13.3. The van der Waals surface area contributed by atoms with Gasteiger partial charge < -0.3 is 0 Å². The minimum Gasteiger partial charge on any atom is -0.245 e. The molecule has 72 valence electrons. The molecule has 0 aromatic carbocycles. The van der Waals surface area contributed by atoms with Gasteiger partial charge in [-0.15, -0.1) is 0 Å². The van der Waals surface area contributed by atoms with Gasteiger partial charge in [-0.25, -0.2) is 9.97 Å². The van der Waals surface area contributed by atoms with Crippen LogP contribution >= 0.6 is 0 Å². The van der Waals surface area contributed by atoms with Gasteiger partial charge in [0.25, 0.3) is 0 Å². The van der Waals surface area contributed by atoms with Crippen LogP contribution in [-0.2, 0) is 0 Å². The third-order valence-electron chi connectivity index (χ3n) is 1.75. The molecule has 0 aliphatic carbocycles. The Hall–Kier alpha value is -1.70. The highest BCUT2D eigenvalue weighted by Gasteiger charge is 1.92. The summed E-state index contributed by atoms with van der Waals surface area (Å²) in [5.41, 5.74) is 2.10. The Balaban J connectivity index is 2.70. The van der Waals surface area contributed by atoms with Crippen molar-refractivity contribution in [1.29, 1.82) is 0 Å². The average Bonchev–Trinajstić information content (AvgIpc) is 2.25. The van der Waals surface area contributed by atoms with Gasteiger partial charge in [-0.05, 0) is 25.5 Å². The molecule has 0 saturated heterocycles. The lowest BCUT2D eigenvalue weighted by Gasteiger charge is -1.96. The molecule has 1 aromatic heterocycles. The van der Waals surface area contributed by atoms with E-state index in [1.165, 1.54) is 0 Å². The lowest BCUT2D eigenvalue weighted by molar-refractivity contribution is 1.14. The smallest absolute Gasteiger partial charge is 0.116 e. The summed E-state index contributed by atoms with van der Waals surface area (Å²) < 4.78 is 0. The molecule has 0 aliphatic heterocycles. The zero-order valence-corrected chi connectivity index (χ0v) is 8.51. The van der Waals surface area contributed by atoms with Crippen LogP contribution in [0.2, 0.25) is 0 Å². The Morgan fingerprint density at radius 3 is 2.79 bits per heavy atom. The summed E-state index contributed by atoms with van der Waals surface area (Å²) in [6, 6.07) is 1.90. The zero-order valence-electron chi connectivity index (χ0n) is 8.51. The van der Waals surface area contributed by atoms with Crippen LogP contribution in [0.25, 0.3) is 5.57 Å². The van der Waals surface area contributed by atoms with Crippen LogP contribution in [0.4, 0.5) is 0 Å². The first kappa shape index (κ1) is 10.4. The van der Waals surface area contributed by atoms with Crippen molar-refractivity contribution in [2.24, 2.45) is 0 Å². The fraction of sp³-hybridized carbons (Fsp3) is 0.167. The third-order valence-corrected chi connectivity index (χ3v) is 1.75. The van der Waals surface area contributed by atoms with E-state index in [1.54, 1.807) is 12.5 Å². The second kappa shape index (κ2) is 5.86. The van der Waals surface area contributed by atoms with Crippen molar-refractivity contribution in [2.45, 2.75) is 13.8 Å². The molecule has 0 amide bonds. The number of hydrogen-bond acceptors (Lipinski definition) is 2. The molecule has 0 bridgehead atoms. The van der Waals surface area contributed by atoms with Gasteiger partial charge in [-0.2, -0.15) is 0 Å². The highest BCUT2D eigenvalue weighted by molar-refractivity contribution is 5.61. The van der Waals surface area contributed by atoms with E-state index in [1.807, 2.05) is 50.3 Å². The van der Waals surface area contributed by atoms with E-state index in [-0.39, 0.29) is 0 Å². The van der Waals surface area contributed by atoms with Crippen molar-refractivity contribution in [3.05, 3.63) is 54.7 Å². The molecular formula is C12H14N2. The normalized spacial score (nSPS) is 12.9. The average molecular weight is 186 g/mol. The van der Waals surface area contributed by atoms with Crippen molar-refractivity contribution in [2.75, 3.05) is 0 Å². The highest BCUT2D eigenvalue weighted by atomic mass is 14.8. The van der Waals surface area contributed by atoms with Gasteiger partial charge in [-0.3, -0.25) is 0 Å². The molecule has 1 rings (SSSR count). The molecule has 0 atom stereocenters. The molecule has 0 aliphatic rings. The first-order valence-electron chi connectivity index (χ1n) is 4.57. The van der Waals surface area contributed by atoms with Gasteiger partial charge in [0, 0.05) is 6.20 Å². The van der Waals surface area contributed by atoms with E-state index < -0.39 is 0 Å². The van der Waals surface area contributed by atoms with Crippen molar-refractivity contribution in [3.63, 3.8) is 0 Å². The number of rotatable bonds is 3. The van der Waals surface area contributed by atoms with E-state index in [2.05, 4.69) is 9.97 Å². The van der Waals surface area contributed by atoms with Gasteiger partial charge in [0.2, 0.25) is 0 Å². The fourth-order valence-electron chi connectivity index (χ4n) is 0.984. The third kappa shape index (κ3) is 3.35. The molecule has 1 heterocycles. The molecule has 14 heavy (non-hydrogen) atoms. The number of allylic oxidation sites excluding steroid dienone is 6. The van der Waals surface area contributed by atoms with Gasteiger partial charge in [-0.1, -0.05) is 30.4 Å². The second-order valence-electron chi connectivity index (χ2n) is 2.85. The van der Waals surface area contributed by atoms with E-state index >= 15 is 0 Å². The van der Waals surface area contributed by atoms with Crippen LogP contribution in [0.15, 0.2) is 49.0 Å². The molecule has 0 unspecified atom stereocenters. The quantitative estimate of drug-likeness (QED) is 0.678. The molecule has 2 nitrogen and oxygen atoms in total. The van der Waals surface area contributed by atoms with E-state index in [0.29, 0.717) is 0 Å². The van der Waals surface area contributed by atoms with Crippen LogP contribution in [0.3, 0.4) is 0 Å². The lowest BCUT2D eigenvalue weighted by atomic mass is 10.2. The van der Waals surface area contributed by atoms with Gasteiger partial charge in [0.05, 0.1) is 5.69 Å². The van der Waals surface area contributed by atoms with Crippen LogP contribution in [0, 0.1) is 0 Å². The summed E-state index contributed by atoms with van der Waals surface area (Å²) in [4.78, 5) is 8.02. The summed E-state index contributed by atoms with van der Waals surface area (Å²) in [5.74, 6) is 0. The Morgan fingerprint density at radius 1 is 1.29 bits per heavy atom. The second-order valence-corrected chi connectivity index (χ2v) is 2.85. The number of aromatic nitrogens is 2. The monoisotopic (exact) mass is 186 g/mol. The van der Waals surface area contributed by atoms with Crippen molar-refractivity contribution in [3.8, 4) is 0 Å². The van der Waals surface area contributed by atoms with Gasteiger partial charge in [0.1, 0.15) is 6.33 Å². The maximum atomic E-state index is 4.15. The summed E-state index contributed by atoms with van der Waals surface area (Å²) in [5, 5.41) is 0. The Morgan fingerprint density at radius 2 is 2.14 bits per heavy atom. The first-order valence-corrected chi connectivity index (χ1v) is 4.57. The number of hydrogen-bond donors (Lipinski definition) is 0.